The first-order chi connectivity index (χ1) is 10.1. The van der Waals surface area contributed by atoms with Crippen molar-refractivity contribution in [3.05, 3.63) is 35.4 Å². The van der Waals surface area contributed by atoms with Crippen molar-refractivity contribution in [1.82, 2.24) is 5.32 Å². The van der Waals surface area contributed by atoms with E-state index in [0.29, 0.717) is 24.5 Å². The van der Waals surface area contributed by atoms with Crippen molar-refractivity contribution in [1.29, 1.82) is 0 Å². The number of hydrogen-bond acceptors (Lipinski definition) is 3. The second kappa shape index (κ2) is 7.22. The van der Waals surface area contributed by atoms with Crippen molar-refractivity contribution in [3.8, 4) is 0 Å². The standard InChI is InChI=1S/C16H21NO4/c1-11(5-6-15(18)19)17-16(20)13-4-2-3-12(9-13)14-7-8-21-10-14/h2-4,9,11,14H,5-8,10H2,1H3,(H,17,20)(H,18,19). The third kappa shape index (κ3) is 4.56. The van der Waals surface area contributed by atoms with Crippen LogP contribution in [0, 0.1) is 0 Å². The van der Waals surface area contributed by atoms with Crippen LogP contribution in [0.25, 0.3) is 0 Å². The van der Waals surface area contributed by atoms with Gasteiger partial charge in [0.25, 0.3) is 5.91 Å². The molecule has 1 aliphatic rings. The lowest BCUT2D eigenvalue weighted by molar-refractivity contribution is -0.137. The Morgan fingerprint density at radius 2 is 2.29 bits per heavy atom. The zero-order chi connectivity index (χ0) is 15.2. The zero-order valence-electron chi connectivity index (χ0n) is 12.2. The number of ether oxygens (including phenoxy) is 1. The van der Waals surface area contributed by atoms with E-state index < -0.39 is 5.97 Å². The Morgan fingerprint density at radius 1 is 1.48 bits per heavy atom. The van der Waals surface area contributed by atoms with Crippen molar-refractivity contribution < 1.29 is 19.4 Å². The summed E-state index contributed by atoms with van der Waals surface area (Å²) in [4.78, 5) is 22.7. The first-order valence-electron chi connectivity index (χ1n) is 7.26. The molecule has 21 heavy (non-hydrogen) atoms. The van der Waals surface area contributed by atoms with Crippen LogP contribution in [0.1, 0.15) is 48.0 Å². The van der Waals surface area contributed by atoms with Gasteiger partial charge in [0.1, 0.15) is 0 Å². The Balaban J connectivity index is 1.95. The fourth-order valence-electron chi connectivity index (χ4n) is 2.45. The minimum Gasteiger partial charge on any atom is -0.481 e. The summed E-state index contributed by atoms with van der Waals surface area (Å²) in [6.45, 7) is 3.29. The third-order valence-corrected chi connectivity index (χ3v) is 3.72. The maximum atomic E-state index is 12.2. The fourth-order valence-corrected chi connectivity index (χ4v) is 2.45. The van der Waals surface area contributed by atoms with Gasteiger partial charge in [0, 0.05) is 30.6 Å². The molecule has 0 aromatic heterocycles. The van der Waals surface area contributed by atoms with Crippen LogP contribution in [0.15, 0.2) is 24.3 Å². The molecule has 2 unspecified atom stereocenters. The first kappa shape index (κ1) is 15.5. The normalized spacial score (nSPS) is 19.2. The van der Waals surface area contributed by atoms with Gasteiger partial charge in [-0.1, -0.05) is 12.1 Å². The molecule has 2 atom stereocenters. The van der Waals surface area contributed by atoms with E-state index in [9.17, 15) is 9.59 Å². The van der Waals surface area contributed by atoms with Crippen molar-refractivity contribution in [3.63, 3.8) is 0 Å². The summed E-state index contributed by atoms with van der Waals surface area (Å²) in [5.74, 6) is -0.643. The number of nitrogens with one attached hydrogen (secondary N) is 1. The molecule has 0 bridgehead atoms. The van der Waals surface area contributed by atoms with Crippen LogP contribution in [-0.2, 0) is 9.53 Å². The number of hydrogen-bond donors (Lipinski definition) is 2. The van der Waals surface area contributed by atoms with Gasteiger partial charge in [-0.25, -0.2) is 0 Å². The Hall–Kier alpha value is -1.88. The van der Waals surface area contributed by atoms with E-state index in [0.717, 1.165) is 18.6 Å². The second-order valence-electron chi connectivity index (χ2n) is 5.49. The lowest BCUT2D eigenvalue weighted by Crippen LogP contribution is -2.33. The molecule has 1 aromatic rings. The topological polar surface area (TPSA) is 75.6 Å². The number of carbonyl (C=O) groups is 2. The van der Waals surface area contributed by atoms with Crippen LogP contribution in [0.5, 0.6) is 0 Å². The monoisotopic (exact) mass is 291 g/mol. The molecular weight excluding hydrogens is 270 g/mol. The van der Waals surface area contributed by atoms with E-state index in [-0.39, 0.29) is 18.4 Å². The van der Waals surface area contributed by atoms with Crippen molar-refractivity contribution in [2.24, 2.45) is 0 Å². The number of amides is 1. The highest BCUT2D eigenvalue weighted by molar-refractivity contribution is 5.94. The van der Waals surface area contributed by atoms with E-state index in [1.165, 1.54) is 0 Å². The maximum absolute atomic E-state index is 12.2. The Bertz CT molecular complexity index is 509. The molecule has 1 fully saturated rings. The Kier molecular flexibility index (Phi) is 5.33. The molecule has 1 saturated heterocycles. The van der Waals surface area contributed by atoms with E-state index in [2.05, 4.69) is 5.32 Å². The largest absolute Gasteiger partial charge is 0.481 e. The predicted octanol–water partition coefficient (Wildman–Crippen LogP) is 2.17. The lowest BCUT2D eigenvalue weighted by Gasteiger charge is -2.14. The Morgan fingerprint density at radius 3 is 2.95 bits per heavy atom. The number of carboxylic acid groups (broad SMARTS) is 1. The summed E-state index contributed by atoms with van der Waals surface area (Å²) >= 11 is 0. The van der Waals surface area contributed by atoms with Gasteiger partial charge in [-0.05, 0) is 37.5 Å². The van der Waals surface area contributed by atoms with Crippen LogP contribution in [0.2, 0.25) is 0 Å². The maximum Gasteiger partial charge on any atom is 0.303 e. The predicted molar refractivity (Wildman–Crippen MR) is 78.4 cm³/mol. The number of carboxylic acids is 1. The van der Waals surface area contributed by atoms with Gasteiger partial charge in [-0.3, -0.25) is 9.59 Å². The molecule has 0 spiro atoms. The average Bonchev–Trinajstić information content (AvgIpc) is 2.99. The average molecular weight is 291 g/mol. The van der Waals surface area contributed by atoms with Crippen LogP contribution in [-0.4, -0.2) is 36.2 Å². The molecule has 0 aliphatic carbocycles. The minimum atomic E-state index is -0.848. The molecule has 2 rings (SSSR count). The molecule has 2 N–H and O–H groups in total. The van der Waals surface area contributed by atoms with E-state index in [1.807, 2.05) is 25.1 Å². The van der Waals surface area contributed by atoms with Gasteiger partial charge in [-0.15, -0.1) is 0 Å². The zero-order valence-corrected chi connectivity index (χ0v) is 12.2. The van der Waals surface area contributed by atoms with Gasteiger partial charge in [0.05, 0.1) is 6.61 Å². The lowest BCUT2D eigenvalue weighted by atomic mass is 9.96. The van der Waals surface area contributed by atoms with Crippen molar-refractivity contribution >= 4 is 11.9 Å². The van der Waals surface area contributed by atoms with Gasteiger partial charge in [0.15, 0.2) is 0 Å². The highest BCUT2D eigenvalue weighted by atomic mass is 16.5. The van der Waals surface area contributed by atoms with Crippen LogP contribution in [0.3, 0.4) is 0 Å². The van der Waals surface area contributed by atoms with Crippen LogP contribution < -0.4 is 5.32 Å². The van der Waals surface area contributed by atoms with Gasteiger partial charge in [-0.2, -0.15) is 0 Å². The first-order valence-corrected chi connectivity index (χ1v) is 7.26. The SMILES string of the molecule is CC(CCC(=O)O)NC(=O)c1cccc(C2CCOC2)c1. The molecule has 0 saturated carbocycles. The smallest absolute Gasteiger partial charge is 0.303 e. The molecule has 1 heterocycles. The molecule has 5 nitrogen and oxygen atoms in total. The summed E-state index contributed by atoms with van der Waals surface area (Å²) in [5, 5.41) is 11.5. The van der Waals surface area contributed by atoms with Gasteiger partial charge < -0.3 is 15.2 Å². The number of rotatable bonds is 6. The Labute approximate surface area is 124 Å². The van der Waals surface area contributed by atoms with Crippen molar-refractivity contribution in [2.75, 3.05) is 13.2 Å². The van der Waals surface area contributed by atoms with Gasteiger partial charge in [0.2, 0.25) is 0 Å². The molecule has 114 valence electrons. The van der Waals surface area contributed by atoms with Crippen LogP contribution in [0.4, 0.5) is 0 Å². The number of aliphatic carboxylic acids is 1. The van der Waals surface area contributed by atoms with Gasteiger partial charge >= 0.3 is 5.97 Å². The molecule has 1 aromatic carbocycles. The third-order valence-electron chi connectivity index (χ3n) is 3.72. The highest BCUT2D eigenvalue weighted by Crippen LogP contribution is 2.25. The summed E-state index contributed by atoms with van der Waals surface area (Å²) in [6, 6.07) is 7.41. The van der Waals surface area contributed by atoms with Crippen molar-refractivity contribution in [2.45, 2.75) is 38.1 Å². The summed E-state index contributed by atoms with van der Waals surface area (Å²) in [5.41, 5.74) is 1.74. The molecule has 0 radical (unpaired) electrons. The summed E-state index contributed by atoms with van der Waals surface area (Å²) in [6.07, 6.45) is 1.47. The molecular formula is C16H21NO4. The minimum absolute atomic E-state index is 0.0564. The second-order valence-corrected chi connectivity index (χ2v) is 5.49. The number of benzene rings is 1. The molecule has 5 heteroatoms. The quantitative estimate of drug-likeness (QED) is 0.842. The molecule has 1 aliphatic heterocycles. The van der Waals surface area contributed by atoms with E-state index >= 15 is 0 Å². The fraction of sp³-hybridized carbons (Fsp3) is 0.500. The molecule has 1 amide bonds. The summed E-state index contributed by atoms with van der Waals surface area (Å²) < 4.78 is 5.37. The number of carbonyl (C=O) groups excluding carboxylic acids is 1. The van der Waals surface area contributed by atoms with E-state index in [4.69, 9.17) is 9.84 Å². The summed E-state index contributed by atoms with van der Waals surface area (Å²) in [7, 11) is 0. The highest BCUT2D eigenvalue weighted by Gasteiger charge is 2.19. The van der Waals surface area contributed by atoms with Crippen LogP contribution >= 0.6 is 0 Å². The van der Waals surface area contributed by atoms with E-state index in [1.54, 1.807) is 6.07 Å².